The van der Waals surface area contributed by atoms with Gasteiger partial charge in [0, 0.05) is 11.1 Å². The van der Waals surface area contributed by atoms with Crippen LogP contribution in [0.1, 0.15) is 0 Å². The molecule has 0 aromatic carbocycles. The van der Waals surface area contributed by atoms with E-state index >= 15 is 0 Å². The van der Waals surface area contributed by atoms with Crippen LogP contribution in [0.4, 0.5) is 0 Å². The summed E-state index contributed by atoms with van der Waals surface area (Å²) in [5.74, 6) is 0. The lowest BCUT2D eigenvalue weighted by Gasteiger charge is -2.06. The number of hydrogen-bond acceptors (Lipinski definition) is 3. The van der Waals surface area contributed by atoms with Gasteiger partial charge in [-0.2, -0.15) is 10.2 Å². The van der Waals surface area contributed by atoms with E-state index in [0.717, 1.165) is 11.9 Å². The lowest BCUT2D eigenvalue weighted by Crippen LogP contribution is -2.03. The van der Waals surface area contributed by atoms with Crippen molar-refractivity contribution < 1.29 is 4.79 Å². The van der Waals surface area contributed by atoms with Crippen LogP contribution in [0.5, 0.6) is 0 Å². The highest BCUT2D eigenvalue weighted by atomic mass is 16.1. The minimum Gasteiger partial charge on any atom is -0.298 e. The monoisotopic (exact) mass is 146 g/mol. The van der Waals surface area contributed by atoms with E-state index in [1.54, 1.807) is 18.4 Å². The third kappa shape index (κ3) is 0.941. The maximum absolute atomic E-state index is 10.3. The SMILES string of the molecule is O=CC1=CC2=CN=N[C@@H]2C=C1. The fourth-order valence-corrected chi connectivity index (χ4v) is 1.10. The van der Waals surface area contributed by atoms with Crippen LogP contribution in [-0.4, -0.2) is 12.3 Å². The van der Waals surface area contributed by atoms with Crippen LogP contribution in [0.2, 0.25) is 0 Å². The summed E-state index contributed by atoms with van der Waals surface area (Å²) in [6.07, 6.45) is 7.94. The molecule has 2 aliphatic rings. The van der Waals surface area contributed by atoms with Gasteiger partial charge in [-0.25, -0.2) is 0 Å². The zero-order chi connectivity index (χ0) is 7.68. The van der Waals surface area contributed by atoms with Crippen molar-refractivity contribution in [3.8, 4) is 0 Å². The van der Waals surface area contributed by atoms with E-state index in [1.807, 2.05) is 6.08 Å². The molecule has 0 spiro atoms. The molecule has 54 valence electrons. The van der Waals surface area contributed by atoms with Gasteiger partial charge in [-0.3, -0.25) is 4.79 Å². The number of carbonyl (C=O) groups is 1. The summed E-state index contributed by atoms with van der Waals surface area (Å²) in [5.41, 5.74) is 1.68. The van der Waals surface area contributed by atoms with Crippen molar-refractivity contribution >= 4 is 6.29 Å². The Hall–Kier alpha value is -1.51. The van der Waals surface area contributed by atoms with Crippen LogP contribution in [-0.2, 0) is 4.79 Å². The number of nitrogens with zero attached hydrogens (tertiary/aromatic N) is 2. The van der Waals surface area contributed by atoms with E-state index in [1.165, 1.54) is 0 Å². The third-order valence-corrected chi connectivity index (χ3v) is 1.68. The highest BCUT2D eigenvalue weighted by molar-refractivity contribution is 5.79. The van der Waals surface area contributed by atoms with Gasteiger partial charge in [-0.05, 0) is 6.08 Å². The van der Waals surface area contributed by atoms with E-state index < -0.39 is 0 Å². The molecular formula is C8H6N2O. The van der Waals surface area contributed by atoms with Gasteiger partial charge in [-0.15, -0.1) is 0 Å². The van der Waals surface area contributed by atoms with Gasteiger partial charge >= 0.3 is 0 Å². The molecule has 0 amide bonds. The Kier molecular flexibility index (Phi) is 1.28. The molecule has 0 saturated carbocycles. The van der Waals surface area contributed by atoms with Gasteiger partial charge in [0.2, 0.25) is 0 Å². The van der Waals surface area contributed by atoms with E-state index in [2.05, 4.69) is 10.2 Å². The molecule has 3 heteroatoms. The molecule has 0 fully saturated rings. The smallest absolute Gasteiger partial charge is 0.150 e. The van der Waals surface area contributed by atoms with E-state index in [-0.39, 0.29) is 6.04 Å². The van der Waals surface area contributed by atoms with Crippen LogP contribution in [0.25, 0.3) is 0 Å². The first kappa shape index (κ1) is 6.22. The van der Waals surface area contributed by atoms with Crippen LogP contribution >= 0.6 is 0 Å². The second kappa shape index (κ2) is 2.27. The summed E-state index contributed by atoms with van der Waals surface area (Å²) in [7, 11) is 0. The molecule has 2 rings (SSSR count). The largest absolute Gasteiger partial charge is 0.298 e. The van der Waals surface area contributed by atoms with Gasteiger partial charge in [0.1, 0.15) is 12.3 Å². The molecule has 0 saturated heterocycles. The molecule has 11 heavy (non-hydrogen) atoms. The molecular weight excluding hydrogens is 140 g/mol. The number of azo groups is 1. The Morgan fingerprint density at radius 2 is 2.45 bits per heavy atom. The van der Waals surface area contributed by atoms with Crippen LogP contribution in [0.15, 0.2) is 45.8 Å². The molecule has 1 heterocycles. The zero-order valence-corrected chi connectivity index (χ0v) is 5.77. The summed E-state index contributed by atoms with van der Waals surface area (Å²) in [4.78, 5) is 10.3. The number of fused-ring (bicyclic) bond motifs is 1. The third-order valence-electron chi connectivity index (χ3n) is 1.68. The van der Waals surface area contributed by atoms with E-state index in [4.69, 9.17) is 0 Å². The van der Waals surface area contributed by atoms with Crippen molar-refractivity contribution in [1.29, 1.82) is 0 Å². The number of allylic oxidation sites excluding steroid dienone is 2. The van der Waals surface area contributed by atoms with E-state index in [0.29, 0.717) is 5.57 Å². The predicted molar refractivity (Wildman–Crippen MR) is 40.0 cm³/mol. The molecule has 1 aliphatic carbocycles. The fourth-order valence-electron chi connectivity index (χ4n) is 1.10. The molecule has 0 N–H and O–H groups in total. The van der Waals surface area contributed by atoms with Crippen LogP contribution < -0.4 is 0 Å². The molecule has 1 atom stereocenters. The molecule has 3 nitrogen and oxygen atoms in total. The number of aldehydes is 1. The van der Waals surface area contributed by atoms with Crippen molar-refractivity contribution in [3.63, 3.8) is 0 Å². The van der Waals surface area contributed by atoms with Crippen molar-refractivity contribution in [1.82, 2.24) is 0 Å². The Bertz CT molecular complexity index is 310. The Balaban J connectivity index is 2.36. The van der Waals surface area contributed by atoms with Crippen molar-refractivity contribution in [2.24, 2.45) is 10.2 Å². The minimum atomic E-state index is 0.0544. The first-order valence-corrected chi connectivity index (χ1v) is 3.35. The topological polar surface area (TPSA) is 41.8 Å². The van der Waals surface area contributed by atoms with Crippen LogP contribution in [0.3, 0.4) is 0 Å². The van der Waals surface area contributed by atoms with Gasteiger partial charge < -0.3 is 0 Å². The first-order valence-electron chi connectivity index (χ1n) is 3.35. The second-order valence-electron chi connectivity index (χ2n) is 2.43. The Labute approximate surface area is 63.8 Å². The highest BCUT2D eigenvalue weighted by Gasteiger charge is 2.15. The minimum absolute atomic E-state index is 0.0544. The number of hydrogen-bond donors (Lipinski definition) is 0. The first-order chi connectivity index (χ1) is 5.40. The average Bonchev–Trinajstić information content (AvgIpc) is 2.50. The van der Waals surface area contributed by atoms with Crippen molar-refractivity contribution in [2.75, 3.05) is 0 Å². The number of carbonyl (C=O) groups excluding carboxylic acids is 1. The molecule has 0 bridgehead atoms. The van der Waals surface area contributed by atoms with Gasteiger partial charge in [-0.1, -0.05) is 12.2 Å². The summed E-state index contributed by atoms with van der Waals surface area (Å²) >= 11 is 0. The normalized spacial score (nSPS) is 26.0. The van der Waals surface area contributed by atoms with Crippen molar-refractivity contribution in [2.45, 2.75) is 6.04 Å². The second-order valence-corrected chi connectivity index (χ2v) is 2.43. The standard InChI is InChI=1S/C8H6N2O/c11-5-6-1-2-8-7(3-6)4-9-10-8/h1-5,8H/t8-/m1/s1. The molecule has 0 aromatic heterocycles. The van der Waals surface area contributed by atoms with Crippen LogP contribution in [0, 0.1) is 0 Å². The fraction of sp³-hybridized carbons (Fsp3) is 0.125. The lowest BCUT2D eigenvalue weighted by molar-refractivity contribution is -0.104. The summed E-state index contributed by atoms with van der Waals surface area (Å²) in [5, 5.41) is 7.66. The van der Waals surface area contributed by atoms with Gasteiger partial charge in [0.25, 0.3) is 0 Å². The molecule has 0 unspecified atom stereocenters. The predicted octanol–water partition coefficient (Wildman–Crippen LogP) is 1.40. The summed E-state index contributed by atoms with van der Waals surface area (Å²) < 4.78 is 0. The maximum atomic E-state index is 10.3. The summed E-state index contributed by atoms with van der Waals surface area (Å²) in [6, 6.07) is 0.0544. The molecule has 1 aliphatic heterocycles. The lowest BCUT2D eigenvalue weighted by atomic mass is 10.0. The number of rotatable bonds is 1. The Morgan fingerprint density at radius 1 is 1.55 bits per heavy atom. The van der Waals surface area contributed by atoms with Gasteiger partial charge in [0.05, 0.1) is 6.20 Å². The molecule has 0 radical (unpaired) electrons. The van der Waals surface area contributed by atoms with E-state index in [9.17, 15) is 4.79 Å². The highest BCUT2D eigenvalue weighted by Crippen LogP contribution is 2.22. The Morgan fingerprint density at radius 3 is 3.27 bits per heavy atom. The zero-order valence-electron chi connectivity index (χ0n) is 5.77. The molecule has 0 aromatic rings. The maximum Gasteiger partial charge on any atom is 0.150 e. The van der Waals surface area contributed by atoms with Crippen molar-refractivity contribution in [3.05, 3.63) is 35.6 Å². The quantitative estimate of drug-likeness (QED) is 0.515. The summed E-state index contributed by atoms with van der Waals surface area (Å²) in [6.45, 7) is 0. The average molecular weight is 146 g/mol. The van der Waals surface area contributed by atoms with Gasteiger partial charge in [0.15, 0.2) is 0 Å².